The Morgan fingerprint density at radius 1 is 0.116 bits per heavy atom. The lowest BCUT2D eigenvalue weighted by Crippen LogP contribution is -2.91. The number of rotatable bonds is 16. The molecule has 0 bridgehead atoms. The van der Waals surface area contributed by atoms with Gasteiger partial charge in [-0.2, -0.15) is 202 Å². The molecule has 0 rings (SSSR count). The molecule has 47 heteroatoms. The van der Waals surface area contributed by atoms with E-state index in [1.54, 1.807) is 0 Å². The summed E-state index contributed by atoms with van der Waals surface area (Å²) in [6, 6.07) is 0. The molecule has 0 N–H and O–H groups in total. The molecule has 416 valence electrons. The van der Waals surface area contributed by atoms with Crippen molar-refractivity contribution in [1.82, 2.24) is 0 Å². The Kier molecular flexibility index (Phi) is 14.9. The van der Waals surface area contributed by atoms with E-state index in [0.29, 0.717) is 0 Å². The van der Waals surface area contributed by atoms with Gasteiger partial charge in [-0.3, -0.25) is 0 Å². The average molecular weight is 1150 g/mol. The van der Waals surface area contributed by atoms with Crippen molar-refractivity contribution in [3.63, 3.8) is 0 Å². The second kappa shape index (κ2) is 15.6. The predicted molar refractivity (Wildman–Crippen MR) is 112 cm³/mol. The second-order valence-corrected chi connectivity index (χ2v) is 12.5. The van der Waals surface area contributed by atoms with Crippen molar-refractivity contribution in [3.05, 3.63) is 0 Å². The van der Waals surface area contributed by atoms with Crippen molar-refractivity contribution in [2.75, 3.05) is 0 Å². The highest BCUT2D eigenvalue weighted by molar-refractivity contribution is 5.31. The Bertz CT molecular complexity index is 1640. The van der Waals surface area contributed by atoms with Crippen LogP contribution in [0.5, 0.6) is 0 Å². The third kappa shape index (κ3) is 7.63. The molecule has 0 fully saturated rings. The first-order valence-electron chi connectivity index (χ1n) is 14.1. The molecule has 69 heavy (non-hydrogen) atoms. The zero-order valence-corrected chi connectivity index (χ0v) is 28.8. The number of ether oxygens (including phenoxy) is 1. The van der Waals surface area contributed by atoms with Crippen LogP contribution in [0.25, 0.3) is 0 Å². The van der Waals surface area contributed by atoms with E-state index in [9.17, 15) is 184 Å². The van der Waals surface area contributed by atoms with Crippen LogP contribution in [-0.4, -0.2) is 131 Å². The quantitative estimate of drug-likeness (QED) is 0.140. The third-order valence-corrected chi connectivity index (χ3v) is 8.25. The molecule has 0 aliphatic rings. The van der Waals surface area contributed by atoms with Crippen LogP contribution in [0.3, 0.4) is 0 Å². The van der Waals surface area contributed by atoms with Gasteiger partial charge >= 0.3 is 120 Å². The Hall–Kier alpha value is -3.26. The number of halogens is 46. The molecule has 0 saturated heterocycles. The maximum Gasteiger partial charge on any atom is 0.460 e. The van der Waals surface area contributed by atoms with Gasteiger partial charge in [0.2, 0.25) is 0 Å². The monoisotopic (exact) mass is 1150 g/mol. The zero-order valence-electron chi connectivity index (χ0n) is 28.8. The van der Waals surface area contributed by atoms with Gasteiger partial charge < -0.3 is 4.74 Å². The Balaban J connectivity index is 11.1. The lowest BCUT2D eigenvalue weighted by molar-refractivity contribution is -0.569. The molecule has 0 saturated carbocycles. The minimum atomic E-state index is -12.7. The number of hydrogen-bond acceptors (Lipinski definition) is 1. The van der Waals surface area contributed by atoms with Crippen LogP contribution in [0, 0.1) is 0 Å². The number of hydrogen-bond donors (Lipinski definition) is 0. The van der Waals surface area contributed by atoms with Crippen LogP contribution in [0.15, 0.2) is 0 Å². The zero-order chi connectivity index (χ0) is 57.7. The van der Waals surface area contributed by atoms with E-state index in [-0.39, 0.29) is 4.74 Å². The highest BCUT2D eigenvalue weighted by atomic mass is 19.5. The molecule has 0 heterocycles. The van der Waals surface area contributed by atoms with Crippen molar-refractivity contribution < 1.29 is 207 Å². The van der Waals surface area contributed by atoms with E-state index in [0.717, 1.165) is 0 Å². The fourth-order valence-corrected chi connectivity index (χ4v) is 4.58. The Labute approximate surface area is 339 Å². The van der Waals surface area contributed by atoms with Gasteiger partial charge in [0.1, 0.15) is 0 Å². The van der Waals surface area contributed by atoms with E-state index >= 15 is 17.6 Å². The highest BCUT2D eigenvalue weighted by Crippen LogP contribution is 2.76. The van der Waals surface area contributed by atoms with Gasteiger partial charge in [0, 0.05) is 0 Å². The van der Waals surface area contributed by atoms with Crippen LogP contribution >= 0.6 is 0 Å². The maximum absolute atomic E-state index is 15.4. The van der Waals surface area contributed by atoms with Gasteiger partial charge in [0.15, 0.2) is 0 Å². The molecule has 0 unspecified atom stereocenters. The predicted octanol–water partition coefficient (Wildman–Crippen LogP) is 14.7. The molecule has 0 aromatic heterocycles. The van der Waals surface area contributed by atoms with Gasteiger partial charge in [-0.1, -0.05) is 0 Å². The molecule has 0 aromatic carbocycles. The normalized spacial score (nSPS) is 17.5. The first-order valence-corrected chi connectivity index (χ1v) is 14.1. The average Bonchev–Trinajstić information content (AvgIpc) is 3.04. The van der Waals surface area contributed by atoms with Crippen LogP contribution in [0.1, 0.15) is 0 Å². The fraction of sp³-hybridized carbons (Fsp3) is 1.00. The van der Waals surface area contributed by atoms with Crippen LogP contribution < -0.4 is 0 Å². The van der Waals surface area contributed by atoms with Gasteiger partial charge in [-0.25, -0.2) is 0 Å². The summed E-state index contributed by atoms with van der Waals surface area (Å²) in [5.74, 6) is -157. The molecule has 0 radical (unpaired) electrons. The SMILES string of the molecule is FC(F)(F)C(F)(F)C(F)(F)C(F)(F)C(F)(F)C(F)(F)C(OC(C(F)(F)C(F)(F)F)(C(F)(F)C(F)(F)F)C(F)(F)C(F)(F)C(F)(F)C(F)(F)C(F)(F)C(F)(F)F)(C(F)(F)C(F)(F)F)C(F)(F)C(F)(F)F. The van der Waals surface area contributed by atoms with Crippen molar-refractivity contribution in [2.45, 2.75) is 131 Å². The van der Waals surface area contributed by atoms with Crippen molar-refractivity contribution in [2.24, 2.45) is 0 Å². The van der Waals surface area contributed by atoms with Crippen LogP contribution in [-0.2, 0) is 4.74 Å². The largest absolute Gasteiger partial charge is 0.460 e. The summed E-state index contributed by atoms with van der Waals surface area (Å²) in [5, 5.41) is 0. The van der Waals surface area contributed by atoms with Crippen molar-refractivity contribution in [1.29, 1.82) is 0 Å². The molecule has 0 aliphatic heterocycles. The van der Waals surface area contributed by atoms with Crippen molar-refractivity contribution in [3.8, 4) is 0 Å². The molecule has 0 aromatic rings. The van der Waals surface area contributed by atoms with E-state index in [4.69, 9.17) is 0 Å². The molecule has 0 spiro atoms. The van der Waals surface area contributed by atoms with E-state index in [1.807, 2.05) is 0 Å². The van der Waals surface area contributed by atoms with E-state index < -0.39 is 131 Å². The molecule has 0 amide bonds. The third-order valence-electron chi connectivity index (χ3n) is 8.25. The van der Waals surface area contributed by atoms with Gasteiger partial charge in [-0.15, -0.1) is 0 Å². The summed E-state index contributed by atoms with van der Waals surface area (Å²) in [6.45, 7) is 0. The topological polar surface area (TPSA) is 9.23 Å². The lowest BCUT2D eigenvalue weighted by Gasteiger charge is -2.58. The summed E-state index contributed by atoms with van der Waals surface area (Å²) < 4.78 is 642. The summed E-state index contributed by atoms with van der Waals surface area (Å²) in [5.41, 5.74) is -25.3. The standard InChI is InChI=1S/C22F46O/c23-3(24,9(35,36)11(39,40)13(43,44)15(47,48)21(63,64)65)1(5(27,28)17(51,52)53,6(29,30)18(54,55)56)69-2(7(31,32)19(57,58)59,8(33,34)20(60,61)62)4(25,26)10(37,38)12(41,42)14(45,46)16(49,50)22(66,67)68. The summed E-state index contributed by atoms with van der Waals surface area (Å²) in [7, 11) is 0. The summed E-state index contributed by atoms with van der Waals surface area (Å²) in [4.78, 5) is 0. The summed E-state index contributed by atoms with van der Waals surface area (Å²) in [6.07, 6.45) is -60.4. The first-order chi connectivity index (χ1) is 28.7. The minimum Gasteiger partial charge on any atom is -0.332 e. The fourth-order valence-electron chi connectivity index (χ4n) is 4.58. The molecular weight excluding hydrogens is 1150 g/mol. The molecule has 1 nitrogen and oxygen atoms in total. The molecular formula is C22F46O. The lowest BCUT2D eigenvalue weighted by atomic mass is 9.71. The Morgan fingerprint density at radius 3 is 0.333 bits per heavy atom. The minimum absolute atomic E-state index is 0.301. The Morgan fingerprint density at radius 2 is 0.217 bits per heavy atom. The van der Waals surface area contributed by atoms with Crippen molar-refractivity contribution >= 4 is 0 Å². The summed E-state index contributed by atoms with van der Waals surface area (Å²) >= 11 is 0. The second-order valence-electron chi connectivity index (χ2n) is 12.5. The molecule has 0 aliphatic carbocycles. The number of alkyl halides is 46. The molecule has 0 atom stereocenters. The van der Waals surface area contributed by atoms with E-state index in [2.05, 4.69) is 0 Å². The smallest absolute Gasteiger partial charge is 0.332 e. The maximum atomic E-state index is 15.4. The van der Waals surface area contributed by atoms with Crippen LogP contribution in [0.4, 0.5) is 202 Å². The van der Waals surface area contributed by atoms with Gasteiger partial charge in [-0.05, 0) is 0 Å². The van der Waals surface area contributed by atoms with Gasteiger partial charge in [0.25, 0.3) is 11.2 Å². The van der Waals surface area contributed by atoms with Gasteiger partial charge in [0.05, 0.1) is 0 Å². The highest BCUT2D eigenvalue weighted by Gasteiger charge is 3.08. The van der Waals surface area contributed by atoms with E-state index in [1.165, 1.54) is 0 Å². The van der Waals surface area contributed by atoms with Crippen LogP contribution in [0.2, 0.25) is 0 Å². The first kappa shape index (κ1) is 65.7.